The van der Waals surface area contributed by atoms with E-state index in [1.54, 1.807) is 39.8 Å². The van der Waals surface area contributed by atoms with Gasteiger partial charge < -0.3 is 10.5 Å². The number of halogens is 1. The molecule has 1 amide bonds. The number of benzene rings is 1. The Hall–Kier alpha value is -1.42. The third-order valence-corrected chi connectivity index (χ3v) is 2.27. The van der Waals surface area contributed by atoms with Gasteiger partial charge in [0.05, 0.1) is 5.69 Å². The van der Waals surface area contributed by atoms with Crippen molar-refractivity contribution in [3.05, 3.63) is 22.7 Å². The smallest absolute Gasteiger partial charge is 0.412 e. The summed E-state index contributed by atoms with van der Waals surface area (Å²) in [5.74, 6) is 0. The average Bonchev–Trinajstić information content (AvgIpc) is 2.10. The van der Waals surface area contributed by atoms with Gasteiger partial charge in [-0.05, 0) is 45.4 Å². The third kappa shape index (κ3) is 4.15. The lowest BCUT2D eigenvalue weighted by Crippen LogP contribution is -2.27. The predicted molar refractivity (Wildman–Crippen MR) is 70.5 cm³/mol. The first kappa shape index (κ1) is 13.6. The van der Waals surface area contributed by atoms with Crippen LogP contribution in [0.5, 0.6) is 0 Å². The van der Waals surface area contributed by atoms with Crippen LogP contribution in [0.4, 0.5) is 16.2 Å². The van der Waals surface area contributed by atoms with Crippen LogP contribution in [0, 0.1) is 6.92 Å². The van der Waals surface area contributed by atoms with E-state index < -0.39 is 11.7 Å². The largest absolute Gasteiger partial charge is 0.444 e. The van der Waals surface area contributed by atoms with Crippen LogP contribution in [0.3, 0.4) is 0 Å². The Kier molecular flexibility index (Phi) is 3.88. The van der Waals surface area contributed by atoms with Gasteiger partial charge in [0.1, 0.15) is 5.60 Å². The minimum Gasteiger partial charge on any atom is -0.444 e. The normalized spacial score (nSPS) is 11.1. The second kappa shape index (κ2) is 4.84. The number of anilines is 2. The van der Waals surface area contributed by atoms with Crippen LogP contribution in [0.1, 0.15) is 26.3 Å². The SMILES string of the molecule is Cc1c(N)cc(Cl)cc1NC(=O)OC(C)(C)C. The van der Waals surface area contributed by atoms with Gasteiger partial charge in [0.25, 0.3) is 0 Å². The van der Waals surface area contributed by atoms with Crippen molar-refractivity contribution in [2.75, 3.05) is 11.1 Å². The van der Waals surface area contributed by atoms with Crippen LogP contribution in [-0.2, 0) is 4.74 Å². The van der Waals surface area contributed by atoms with Crippen molar-refractivity contribution < 1.29 is 9.53 Å². The summed E-state index contributed by atoms with van der Waals surface area (Å²) in [6, 6.07) is 3.27. The van der Waals surface area contributed by atoms with E-state index in [4.69, 9.17) is 22.1 Å². The molecule has 17 heavy (non-hydrogen) atoms. The Morgan fingerprint density at radius 2 is 2.00 bits per heavy atom. The van der Waals surface area contributed by atoms with E-state index in [-0.39, 0.29) is 0 Å². The third-order valence-electron chi connectivity index (χ3n) is 2.05. The summed E-state index contributed by atoms with van der Waals surface area (Å²) in [4.78, 5) is 11.6. The van der Waals surface area contributed by atoms with Gasteiger partial charge in [-0.3, -0.25) is 5.32 Å². The van der Waals surface area contributed by atoms with E-state index in [9.17, 15) is 4.79 Å². The molecule has 1 aromatic rings. The molecule has 3 N–H and O–H groups in total. The standard InChI is InChI=1S/C12H17ClN2O2/c1-7-9(14)5-8(13)6-10(7)15-11(16)17-12(2,3)4/h5-6H,14H2,1-4H3,(H,15,16). The van der Waals surface area contributed by atoms with Gasteiger partial charge >= 0.3 is 6.09 Å². The molecule has 0 aliphatic carbocycles. The fourth-order valence-electron chi connectivity index (χ4n) is 1.24. The van der Waals surface area contributed by atoms with Crippen molar-refractivity contribution in [3.8, 4) is 0 Å². The molecule has 0 saturated carbocycles. The summed E-state index contributed by atoms with van der Waals surface area (Å²) in [6.45, 7) is 7.20. The van der Waals surface area contributed by atoms with Crippen molar-refractivity contribution in [1.29, 1.82) is 0 Å². The first-order valence-corrected chi connectivity index (χ1v) is 5.62. The summed E-state index contributed by atoms with van der Waals surface area (Å²) in [5, 5.41) is 3.09. The van der Waals surface area contributed by atoms with Crippen molar-refractivity contribution in [2.45, 2.75) is 33.3 Å². The molecule has 1 aromatic carbocycles. The maximum absolute atomic E-state index is 11.6. The maximum Gasteiger partial charge on any atom is 0.412 e. The van der Waals surface area contributed by atoms with Gasteiger partial charge in [-0.15, -0.1) is 0 Å². The monoisotopic (exact) mass is 256 g/mol. The molecule has 0 aliphatic rings. The molecule has 0 radical (unpaired) electrons. The Balaban J connectivity index is 2.85. The molecule has 0 atom stereocenters. The molecule has 5 heteroatoms. The number of carbonyl (C=O) groups is 1. The van der Waals surface area contributed by atoms with E-state index in [1.165, 1.54) is 0 Å². The molecular formula is C12H17ClN2O2. The zero-order valence-corrected chi connectivity index (χ0v) is 11.2. The number of rotatable bonds is 1. The van der Waals surface area contributed by atoms with E-state index in [0.29, 0.717) is 16.4 Å². The molecule has 0 aliphatic heterocycles. The van der Waals surface area contributed by atoms with Gasteiger partial charge in [0.2, 0.25) is 0 Å². The number of nitrogen functional groups attached to an aromatic ring is 1. The summed E-state index contributed by atoms with van der Waals surface area (Å²) >= 11 is 5.87. The van der Waals surface area contributed by atoms with Gasteiger partial charge in [-0.1, -0.05) is 11.6 Å². The first-order chi connectivity index (χ1) is 7.69. The highest BCUT2D eigenvalue weighted by Crippen LogP contribution is 2.26. The molecular weight excluding hydrogens is 240 g/mol. The van der Waals surface area contributed by atoms with Crippen molar-refractivity contribution >= 4 is 29.1 Å². The lowest BCUT2D eigenvalue weighted by Gasteiger charge is -2.20. The molecule has 1 rings (SSSR count). The first-order valence-electron chi connectivity index (χ1n) is 5.24. The number of hydrogen-bond donors (Lipinski definition) is 2. The fraction of sp³-hybridized carbons (Fsp3) is 0.417. The van der Waals surface area contributed by atoms with E-state index in [0.717, 1.165) is 5.56 Å². The number of carbonyl (C=O) groups excluding carboxylic acids is 1. The summed E-state index contributed by atoms with van der Waals surface area (Å²) in [7, 11) is 0. The zero-order chi connectivity index (χ0) is 13.2. The van der Waals surface area contributed by atoms with Crippen LogP contribution in [0.2, 0.25) is 5.02 Å². The van der Waals surface area contributed by atoms with Crippen LogP contribution in [-0.4, -0.2) is 11.7 Å². The quantitative estimate of drug-likeness (QED) is 0.755. The van der Waals surface area contributed by atoms with Crippen LogP contribution in [0.15, 0.2) is 12.1 Å². The minimum atomic E-state index is -0.540. The lowest BCUT2D eigenvalue weighted by molar-refractivity contribution is 0.0636. The zero-order valence-electron chi connectivity index (χ0n) is 10.4. The van der Waals surface area contributed by atoms with Gasteiger partial charge in [0, 0.05) is 10.7 Å². The Morgan fingerprint density at radius 1 is 1.41 bits per heavy atom. The summed E-state index contributed by atoms with van der Waals surface area (Å²) < 4.78 is 5.14. The number of hydrogen-bond acceptors (Lipinski definition) is 3. The highest BCUT2D eigenvalue weighted by Gasteiger charge is 2.17. The molecule has 0 fully saturated rings. The summed E-state index contributed by atoms with van der Waals surface area (Å²) in [6.07, 6.45) is -0.526. The van der Waals surface area contributed by atoms with Gasteiger partial charge in [0.15, 0.2) is 0 Å². The van der Waals surface area contributed by atoms with Gasteiger partial charge in [-0.25, -0.2) is 4.79 Å². The second-order valence-corrected chi connectivity index (χ2v) is 5.23. The van der Waals surface area contributed by atoms with Crippen molar-refractivity contribution in [2.24, 2.45) is 0 Å². The molecule has 94 valence electrons. The predicted octanol–water partition coefficient (Wildman–Crippen LogP) is 3.58. The fourth-order valence-corrected chi connectivity index (χ4v) is 1.47. The average molecular weight is 257 g/mol. The van der Waals surface area contributed by atoms with E-state index in [1.807, 2.05) is 0 Å². The maximum atomic E-state index is 11.6. The number of nitrogens with two attached hydrogens (primary N) is 1. The minimum absolute atomic E-state index is 0.471. The molecule has 0 heterocycles. The molecule has 0 spiro atoms. The number of nitrogens with one attached hydrogen (secondary N) is 1. The second-order valence-electron chi connectivity index (χ2n) is 4.79. The molecule has 0 aromatic heterocycles. The Labute approximate surface area is 106 Å². The van der Waals surface area contributed by atoms with Gasteiger partial charge in [-0.2, -0.15) is 0 Å². The lowest BCUT2D eigenvalue weighted by atomic mass is 10.1. The number of ether oxygens (including phenoxy) is 1. The van der Waals surface area contributed by atoms with E-state index >= 15 is 0 Å². The van der Waals surface area contributed by atoms with E-state index in [2.05, 4.69) is 5.32 Å². The van der Waals surface area contributed by atoms with Crippen LogP contribution in [0.25, 0.3) is 0 Å². The van der Waals surface area contributed by atoms with Crippen LogP contribution >= 0.6 is 11.6 Å². The Morgan fingerprint density at radius 3 is 2.53 bits per heavy atom. The highest BCUT2D eigenvalue weighted by atomic mass is 35.5. The number of amides is 1. The highest BCUT2D eigenvalue weighted by molar-refractivity contribution is 6.31. The molecule has 0 saturated heterocycles. The van der Waals surface area contributed by atoms with Crippen molar-refractivity contribution in [1.82, 2.24) is 0 Å². The molecule has 4 nitrogen and oxygen atoms in total. The topological polar surface area (TPSA) is 64.3 Å². The summed E-state index contributed by atoms with van der Waals surface area (Å²) in [5.41, 5.74) is 7.06. The Bertz CT molecular complexity index is 439. The molecule has 0 unspecified atom stereocenters. The van der Waals surface area contributed by atoms with Crippen LogP contribution < -0.4 is 11.1 Å². The molecule has 0 bridgehead atoms. The van der Waals surface area contributed by atoms with Crippen molar-refractivity contribution in [3.63, 3.8) is 0 Å².